The average molecular weight is 297 g/mol. The van der Waals surface area contributed by atoms with Crippen LogP contribution in [0.25, 0.3) is 0 Å². The molecule has 0 heterocycles. The van der Waals surface area contributed by atoms with E-state index in [1.54, 1.807) is 0 Å². The summed E-state index contributed by atoms with van der Waals surface area (Å²) in [5.41, 5.74) is 2.45. The summed E-state index contributed by atoms with van der Waals surface area (Å²) in [6.07, 6.45) is 1.98. The quantitative estimate of drug-likeness (QED) is 0.802. The minimum absolute atomic E-state index is 0.245. The Morgan fingerprint density at radius 3 is 2.45 bits per heavy atom. The summed E-state index contributed by atoms with van der Waals surface area (Å²) >= 11 is 0. The second kappa shape index (κ2) is 7.79. The largest absolute Gasteiger partial charge is 0.316 e. The first-order valence-electron chi connectivity index (χ1n) is 7.23. The van der Waals surface area contributed by atoms with E-state index in [1.807, 2.05) is 6.07 Å². The Labute approximate surface area is 123 Å². The number of hydrogen-bond donors (Lipinski definition) is 1. The smallest absolute Gasteiger partial charge is 0.147 e. The zero-order valence-electron chi connectivity index (χ0n) is 13.0. The molecule has 0 saturated heterocycles. The molecule has 1 aromatic carbocycles. The van der Waals surface area contributed by atoms with E-state index in [4.69, 9.17) is 0 Å². The first-order valence-corrected chi connectivity index (χ1v) is 9.29. The zero-order valence-corrected chi connectivity index (χ0v) is 13.8. The molecule has 20 heavy (non-hydrogen) atoms. The van der Waals surface area contributed by atoms with Gasteiger partial charge in [0.2, 0.25) is 0 Å². The second-order valence-electron chi connectivity index (χ2n) is 6.08. The maximum atomic E-state index is 11.4. The molecular formula is C16H27NO2S. The maximum absolute atomic E-state index is 11.4. The van der Waals surface area contributed by atoms with E-state index < -0.39 is 9.84 Å². The Hall–Kier alpha value is -0.870. The van der Waals surface area contributed by atoms with Gasteiger partial charge in [0, 0.05) is 12.8 Å². The molecule has 0 aliphatic rings. The highest BCUT2D eigenvalue weighted by Crippen LogP contribution is 2.21. The summed E-state index contributed by atoms with van der Waals surface area (Å²) in [6.45, 7) is 8.20. The summed E-state index contributed by atoms with van der Waals surface area (Å²) in [6, 6.07) is 8.36. The van der Waals surface area contributed by atoms with Crippen LogP contribution in [0.4, 0.5) is 0 Å². The van der Waals surface area contributed by atoms with Crippen molar-refractivity contribution in [2.45, 2.75) is 33.1 Å². The topological polar surface area (TPSA) is 46.2 Å². The van der Waals surface area contributed by atoms with Crippen LogP contribution in [0.2, 0.25) is 0 Å². The van der Waals surface area contributed by atoms with Gasteiger partial charge in [-0.05, 0) is 37.3 Å². The highest BCUT2D eigenvalue weighted by atomic mass is 32.2. The predicted molar refractivity (Wildman–Crippen MR) is 86.0 cm³/mol. The van der Waals surface area contributed by atoms with E-state index in [2.05, 4.69) is 44.3 Å². The van der Waals surface area contributed by atoms with Gasteiger partial charge in [0.1, 0.15) is 9.84 Å². The summed E-state index contributed by atoms with van der Waals surface area (Å²) in [7, 11) is -2.91. The molecule has 4 heteroatoms. The Balaban J connectivity index is 2.73. The summed E-state index contributed by atoms with van der Waals surface area (Å²) in [4.78, 5) is 0. The molecule has 0 saturated carbocycles. The molecule has 1 aromatic rings. The van der Waals surface area contributed by atoms with Crippen molar-refractivity contribution in [3.63, 3.8) is 0 Å². The van der Waals surface area contributed by atoms with E-state index in [0.29, 0.717) is 12.3 Å². The molecule has 0 amide bonds. The van der Waals surface area contributed by atoms with Gasteiger partial charge in [-0.25, -0.2) is 8.42 Å². The van der Waals surface area contributed by atoms with E-state index in [9.17, 15) is 8.42 Å². The summed E-state index contributed by atoms with van der Waals surface area (Å²) in [5.74, 6) is 1.10. The fourth-order valence-electron chi connectivity index (χ4n) is 2.21. The van der Waals surface area contributed by atoms with E-state index in [1.165, 1.54) is 17.4 Å². The fraction of sp³-hybridized carbons (Fsp3) is 0.625. The fourth-order valence-corrected chi connectivity index (χ4v) is 2.93. The summed E-state index contributed by atoms with van der Waals surface area (Å²) < 4.78 is 22.8. The van der Waals surface area contributed by atoms with Crippen LogP contribution in [0.3, 0.4) is 0 Å². The van der Waals surface area contributed by atoms with Gasteiger partial charge in [0.15, 0.2) is 0 Å². The van der Waals surface area contributed by atoms with E-state index >= 15 is 0 Å². The van der Waals surface area contributed by atoms with E-state index in [0.717, 1.165) is 13.1 Å². The summed E-state index contributed by atoms with van der Waals surface area (Å²) in [5, 5.41) is 3.44. The highest BCUT2D eigenvalue weighted by Gasteiger charge is 2.14. The van der Waals surface area contributed by atoms with Crippen molar-refractivity contribution in [1.82, 2.24) is 5.32 Å². The normalized spacial score (nSPS) is 13.7. The van der Waals surface area contributed by atoms with Gasteiger partial charge in [-0.2, -0.15) is 0 Å². The van der Waals surface area contributed by atoms with Crippen molar-refractivity contribution >= 4 is 9.84 Å². The number of hydrogen-bond acceptors (Lipinski definition) is 3. The van der Waals surface area contributed by atoms with Gasteiger partial charge in [-0.3, -0.25) is 0 Å². The van der Waals surface area contributed by atoms with Crippen molar-refractivity contribution in [3.8, 4) is 0 Å². The van der Waals surface area contributed by atoms with Gasteiger partial charge in [-0.15, -0.1) is 0 Å². The molecule has 1 unspecified atom stereocenters. The van der Waals surface area contributed by atoms with Crippen molar-refractivity contribution < 1.29 is 8.42 Å². The van der Waals surface area contributed by atoms with Crippen molar-refractivity contribution in [2.24, 2.45) is 5.92 Å². The predicted octanol–water partition coefficient (Wildman–Crippen LogP) is 2.76. The number of nitrogens with one attached hydrogen (secondary N) is 1. The molecule has 0 aromatic heterocycles. The van der Waals surface area contributed by atoms with Crippen LogP contribution in [-0.2, 0) is 9.84 Å². The molecule has 0 spiro atoms. The molecule has 114 valence electrons. The molecule has 0 aliphatic carbocycles. The molecule has 1 N–H and O–H groups in total. The third-order valence-corrected chi connectivity index (χ3v) is 4.27. The number of aryl methyl sites for hydroxylation is 1. The van der Waals surface area contributed by atoms with Gasteiger partial charge >= 0.3 is 0 Å². The third-order valence-electron chi connectivity index (χ3n) is 3.29. The van der Waals surface area contributed by atoms with Gasteiger partial charge in [0.05, 0.1) is 5.75 Å². The van der Waals surface area contributed by atoms with E-state index in [-0.39, 0.29) is 11.7 Å². The molecule has 1 atom stereocenters. The van der Waals surface area contributed by atoms with Crippen LogP contribution < -0.4 is 5.32 Å². The van der Waals surface area contributed by atoms with Crippen LogP contribution in [0.1, 0.15) is 37.3 Å². The lowest BCUT2D eigenvalue weighted by Gasteiger charge is -2.19. The van der Waals surface area contributed by atoms with Crippen LogP contribution in [-0.4, -0.2) is 33.5 Å². The minimum Gasteiger partial charge on any atom is -0.316 e. The number of rotatable bonds is 8. The lowest BCUT2D eigenvalue weighted by Crippen LogP contribution is -2.26. The Bertz CT molecular complexity index is 509. The molecular weight excluding hydrogens is 270 g/mol. The lowest BCUT2D eigenvalue weighted by molar-refractivity contribution is 0.507. The lowest BCUT2D eigenvalue weighted by atomic mass is 9.95. The number of benzene rings is 1. The molecule has 1 rings (SSSR count). The minimum atomic E-state index is -2.91. The van der Waals surface area contributed by atoms with Gasteiger partial charge < -0.3 is 5.32 Å². The Kier molecular flexibility index (Phi) is 6.69. The molecule has 3 nitrogen and oxygen atoms in total. The molecule has 0 aliphatic heterocycles. The van der Waals surface area contributed by atoms with Crippen molar-refractivity contribution in [1.29, 1.82) is 0 Å². The number of sulfone groups is 1. The van der Waals surface area contributed by atoms with Crippen molar-refractivity contribution in [3.05, 3.63) is 35.4 Å². The first-order chi connectivity index (χ1) is 9.28. The van der Waals surface area contributed by atoms with Gasteiger partial charge in [0.25, 0.3) is 0 Å². The zero-order chi connectivity index (χ0) is 15.2. The molecule has 0 fully saturated rings. The van der Waals surface area contributed by atoms with Crippen molar-refractivity contribution in [2.75, 3.05) is 25.1 Å². The van der Waals surface area contributed by atoms with Gasteiger partial charge in [-0.1, -0.05) is 43.7 Å². The Morgan fingerprint density at radius 2 is 1.90 bits per heavy atom. The van der Waals surface area contributed by atoms with Crippen LogP contribution in [0.15, 0.2) is 24.3 Å². The molecule has 0 bridgehead atoms. The third kappa shape index (κ3) is 7.06. The average Bonchev–Trinajstić information content (AvgIpc) is 2.31. The standard InChI is InChI=1S/C16H27NO2S/c1-13(2)11-17-12-16(8-9-20(4,18)19)15-7-5-6-14(3)10-15/h5-7,10,13,16-17H,8-9,11-12H2,1-4H3. The van der Waals surface area contributed by atoms with Crippen LogP contribution in [0.5, 0.6) is 0 Å². The van der Waals surface area contributed by atoms with Crippen LogP contribution in [0, 0.1) is 12.8 Å². The molecule has 0 radical (unpaired) electrons. The maximum Gasteiger partial charge on any atom is 0.147 e. The highest BCUT2D eigenvalue weighted by molar-refractivity contribution is 7.90. The first kappa shape index (κ1) is 17.2. The SMILES string of the molecule is Cc1cccc(C(CCS(C)(=O)=O)CNCC(C)C)c1. The monoisotopic (exact) mass is 297 g/mol. The second-order valence-corrected chi connectivity index (χ2v) is 8.34. The van der Waals surface area contributed by atoms with Crippen LogP contribution >= 0.6 is 0 Å². The Morgan fingerprint density at radius 1 is 1.20 bits per heavy atom.